The van der Waals surface area contributed by atoms with Crippen LogP contribution in [0.4, 0.5) is 8.78 Å². The van der Waals surface area contributed by atoms with E-state index in [9.17, 15) is 8.78 Å². The van der Waals surface area contributed by atoms with E-state index in [2.05, 4.69) is 10.1 Å². The summed E-state index contributed by atoms with van der Waals surface area (Å²) in [7, 11) is 0. The molecule has 0 amide bonds. The van der Waals surface area contributed by atoms with Gasteiger partial charge in [0.2, 0.25) is 11.7 Å². The fraction of sp³-hybridized carbons (Fsp3) is 0.0769. The lowest BCUT2D eigenvalue weighted by molar-refractivity contribution is 0.392. The quantitative estimate of drug-likeness (QED) is 0.671. The van der Waals surface area contributed by atoms with Crippen molar-refractivity contribution in [3.05, 3.63) is 53.2 Å². The normalized spacial score (nSPS) is 10.9. The predicted octanol–water partition coefficient (Wildman–Crippen LogP) is 4.37. The van der Waals surface area contributed by atoms with Gasteiger partial charge in [-0.15, -0.1) is 23.1 Å². The van der Waals surface area contributed by atoms with Gasteiger partial charge in [0, 0.05) is 4.90 Å². The van der Waals surface area contributed by atoms with E-state index < -0.39 is 11.6 Å². The maximum absolute atomic E-state index is 13.1. The molecule has 20 heavy (non-hydrogen) atoms. The third-order valence-electron chi connectivity index (χ3n) is 2.46. The maximum Gasteiger partial charge on any atom is 0.237 e. The van der Waals surface area contributed by atoms with E-state index >= 15 is 0 Å². The molecule has 2 aromatic heterocycles. The summed E-state index contributed by atoms with van der Waals surface area (Å²) in [4.78, 5) is 5.79. The highest BCUT2D eigenvalue weighted by atomic mass is 32.2. The number of halogens is 2. The molecule has 0 aliphatic rings. The Labute approximate surface area is 121 Å². The molecule has 0 bridgehead atoms. The lowest BCUT2D eigenvalue weighted by Gasteiger charge is -1.99. The Morgan fingerprint density at radius 2 is 2.10 bits per heavy atom. The number of nitrogens with zero attached hydrogens (tertiary/aromatic N) is 2. The third kappa shape index (κ3) is 2.88. The topological polar surface area (TPSA) is 38.9 Å². The largest absolute Gasteiger partial charge is 0.338 e. The van der Waals surface area contributed by atoms with E-state index in [1.165, 1.54) is 29.2 Å². The molecule has 0 spiro atoms. The maximum atomic E-state index is 13.1. The number of aromatic nitrogens is 2. The Bertz CT molecular complexity index is 713. The number of rotatable bonds is 4. The first-order valence-electron chi connectivity index (χ1n) is 5.67. The Balaban J connectivity index is 1.68. The lowest BCUT2D eigenvalue weighted by atomic mass is 10.3. The average molecular weight is 310 g/mol. The average Bonchev–Trinajstić information content (AvgIpc) is 3.09. The lowest BCUT2D eigenvalue weighted by Crippen LogP contribution is -1.85. The zero-order valence-corrected chi connectivity index (χ0v) is 11.7. The molecule has 3 aromatic rings. The van der Waals surface area contributed by atoms with Gasteiger partial charge in [0.1, 0.15) is 0 Å². The second-order valence-electron chi connectivity index (χ2n) is 3.85. The smallest absolute Gasteiger partial charge is 0.237 e. The molecule has 0 unspecified atom stereocenters. The van der Waals surface area contributed by atoms with Crippen molar-refractivity contribution in [1.82, 2.24) is 10.1 Å². The van der Waals surface area contributed by atoms with Gasteiger partial charge >= 0.3 is 0 Å². The predicted molar refractivity (Wildman–Crippen MR) is 73.5 cm³/mol. The third-order valence-corrected chi connectivity index (χ3v) is 4.31. The van der Waals surface area contributed by atoms with E-state index in [4.69, 9.17) is 4.52 Å². The minimum absolute atomic E-state index is 0.406. The number of benzene rings is 1. The van der Waals surface area contributed by atoms with Gasteiger partial charge in [0.05, 0.1) is 10.6 Å². The molecule has 0 aliphatic heterocycles. The van der Waals surface area contributed by atoms with Gasteiger partial charge in [-0.05, 0) is 29.6 Å². The van der Waals surface area contributed by atoms with Gasteiger partial charge < -0.3 is 4.52 Å². The van der Waals surface area contributed by atoms with Crippen molar-refractivity contribution in [2.24, 2.45) is 0 Å². The Morgan fingerprint density at radius 1 is 1.20 bits per heavy atom. The number of thiophene rings is 1. The SMILES string of the molecule is Fc1ccc(SCc2nc(-c3cccs3)no2)cc1F. The van der Waals surface area contributed by atoms with Crippen LogP contribution in [0.2, 0.25) is 0 Å². The molecule has 0 fully saturated rings. The summed E-state index contributed by atoms with van der Waals surface area (Å²) >= 11 is 2.83. The molecule has 0 aliphatic carbocycles. The van der Waals surface area contributed by atoms with Crippen LogP contribution in [-0.2, 0) is 5.75 Å². The van der Waals surface area contributed by atoms with E-state index in [1.807, 2.05) is 17.5 Å². The summed E-state index contributed by atoms with van der Waals surface area (Å²) in [6, 6.07) is 7.58. The summed E-state index contributed by atoms with van der Waals surface area (Å²) in [5.74, 6) is -0.320. The summed E-state index contributed by atoms with van der Waals surface area (Å²) in [5, 5.41) is 5.81. The van der Waals surface area contributed by atoms with Crippen LogP contribution in [0.5, 0.6) is 0 Å². The highest BCUT2D eigenvalue weighted by Gasteiger charge is 2.10. The minimum atomic E-state index is -0.861. The van der Waals surface area contributed by atoms with Crippen molar-refractivity contribution >= 4 is 23.1 Å². The first kappa shape index (κ1) is 13.3. The highest BCUT2D eigenvalue weighted by Crippen LogP contribution is 2.26. The van der Waals surface area contributed by atoms with Crippen LogP contribution >= 0.6 is 23.1 Å². The summed E-state index contributed by atoms with van der Waals surface area (Å²) in [5.41, 5.74) is 0. The molecule has 3 rings (SSSR count). The van der Waals surface area contributed by atoms with Gasteiger partial charge in [-0.25, -0.2) is 8.78 Å². The molecular formula is C13H8F2N2OS2. The zero-order valence-electron chi connectivity index (χ0n) is 10.0. The molecule has 0 saturated heterocycles. The van der Waals surface area contributed by atoms with Crippen LogP contribution in [0.3, 0.4) is 0 Å². The molecule has 0 radical (unpaired) electrons. The van der Waals surface area contributed by atoms with Crippen molar-refractivity contribution in [2.75, 3.05) is 0 Å². The molecule has 1 aromatic carbocycles. The molecule has 2 heterocycles. The minimum Gasteiger partial charge on any atom is -0.338 e. The molecular weight excluding hydrogens is 302 g/mol. The van der Waals surface area contributed by atoms with Crippen LogP contribution in [0, 0.1) is 11.6 Å². The van der Waals surface area contributed by atoms with Gasteiger partial charge in [-0.2, -0.15) is 4.98 Å². The summed E-state index contributed by atoms with van der Waals surface area (Å²) in [6.45, 7) is 0. The van der Waals surface area contributed by atoms with Gasteiger partial charge in [0.25, 0.3) is 0 Å². The van der Waals surface area contributed by atoms with Crippen LogP contribution < -0.4 is 0 Å². The van der Waals surface area contributed by atoms with Crippen LogP contribution in [-0.4, -0.2) is 10.1 Å². The van der Waals surface area contributed by atoms with Gasteiger partial charge in [0.15, 0.2) is 11.6 Å². The van der Waals surface area contributed by atoms with Crippen LogP contribution in [0.25, 0.3) is 10.7 Å². The van der Waals surface area contributed by atoms with E-state index in [1.54, 1.807) is 0 Å². The first-order valence-corrected chi connectivity index (χ1v) is 7.53. The molecule has 102 valence electrons. The molecule has 0 N–H and O–H groups in total. The van der Waals surface area contributed by atoms with Crippen molar-refractivity contribution in [1.29, 1.82) is 0 Å². The first-order chi connectivity index (χ1) is 9.72. The second kappa shape index (κ2) is 5.72. The molecule has 0 atom stereocenters. The van der Waals surface area contributed by atoms with E-state index in [-0.39, 0.29) is 0 Å². The zero-order chi connectivity index (χ0) is 13.9. The van der Waals surface area contributed by atoms with Gasteiger partial charge in [-0.3, -0.25) is 0 Å². The molecule has 3 nitrogen and oxygen atoms in total. The summed E-state index contributed by atoms with van der Waals surface area (Å²) in [6.07, 6.45) is 0. The molecule has 7 heteroatoms. The van der Waals surface area contributed by atoms with Crippen molar-refractivity contribution in [3.63, 3.8) is 0 Å². The molecule has 0 saturated carbocycles. The second-order valence-corrected chi connectivity index (χ2v) is 5.85. The monoisotopic (exact) mass is 310 g/mol. The highest BCUT2D eigenvalue weighted by molar-refractivity contribution is 7.98. The number of thioether (sulfide) groups is 1. The van der Waals surface area contributed by atoms with Gasteiger partial charge in [-0.1, -0.05) is 11.2 Å². The van der Waals surface area contributed by atoms with Crippen molar-refractivity contribution in [3.8, 4) is 10.7 Å². The van der Waals surface area contributed by atoms with Crippen molar-refractivity contribution < 1.29 is 13.3 Å². The van der Waals surface area contributed by atoms with E-state index in [0.29, 0.717) is 22.4 Å². The Kier molecular flexibility index (Phi) is 3.79. The van der Waals surface area contributed by atoms with Crippen LogP contribution in [0.15, 0.2) is 45.1 Å². The summed E-state index contributed by atoms with van der Waals surface area (Å²) < 4.78 is 31.0. The van der Waals surface area contributed by atoms with E-state index in [0.717, 1.165) is 17.0 Å². The number of hydrogen-bond donors (Lipinski definition) is 0. The van der Waals surface area contributed by atoms with Crippen LogP contribution in [0.1, 0.15) is 5.89 Å². The number of hydrogen-bond acceptors (Lipinski definition) is 5. The standard InChI is InChI=1S/C13H8F2N2OS2/c14-9-4-3-8(6-10(9)15)20-7-12-16-13(17-18-12)11-2-1-5-19-11/h1-6H,7H2. The fourth-order valence-electron chi connectivity index (χ4n) is 1.53. The van der Waals surface area contributed by atoms with Crippen molar-refractivity contribution in [2.45, 2.75) is 10.6 Å². The fourth-order valence-corrected chi connectivity index (χ4v) is 2.94. The Morgan fingerprint density at radius 3 is 2.85 bits per heavy atom. The Hall–Kier alpha value is -1.73.